The highest BCUT2D eigenvalue weighted by atomic mass is 35.5. The number of aromatic nitrogens is 4. The molecule has 2 aromatic rings. The largest absolute Gasteiger partial charge is 0.399 e. The van der Waals surface area contributed by atoms with E-state index in [0.29, 0.717) is 16.5 Å². The molecule has 96 valence electrons. The standard InChI is InChI=1S/C12H16ClN5/c1-12(2,3)7-18-11(15-16-17-18)8-4-9(13)6-10(14)5-8/h4-6H,7,14H2,1-3H3. The molecule has 0 saturated carbocycles. The van der Waals surface area contributed by atoms with Gasteiger partial charge in [0.2, 0.25) is 0 Å². The second-order valence-electron chi connectivity index (χ2n) is 5.49. The molecule has 2 N–H and O–H groups in total. The normalized spacial score (nSPS) is 11.8. The molecule has 5 nitrogen and oxygen atoms in total. The number of hydrogen-bond acceptors (Lipinski definition) is 4. The predicted molar refractivity (Wildman–Crippen MR) is 72.1 cm³/mol. The first-order valence-corrected chi connectivity index (χ1v) is 6.05. The highest BCUT2D eigenvalue weighted by Crippen LogP contribution is 2.25. The monoisotopic (exact) mass is 265 g/mol. The van der Waals surface area contributed by atoms with Gasteiger partial charge in [-0.1, -0.05) is 32.4 Å². The Morgan fingerprint density at radius 3 is 2.61 bits per heavy atom. The van der Waals surface area contributed by atoms with Gasteiger partial charge in [0, 0.05) is 22.8 Å². The van der Waals surface area contributed by atoms with Crippen molar-refractivity contribution in [1.82, 2.24) is 20.2 Å². The first kappa shape index (κ1) is 12.8. The van der Waals surface area contributed by atoms with Crippen LogP contribution in [-0.4, -0.2) is 20.2 Å². The zero-order valence-electron chi connectivity index (χ0n) is 10.7. The fourth-order valence-electron chi connectivity index (χ4n) is 1.71. The Balaban J connectivity index is 2.42. The highest BCUT2D eigenvalue weighted by molar-refractivity contribution is 6.31. The van der Waals surface area contributed by atoms with Crippen molar-refractivity contribution in [1.29, 1.82) is 0 Å². The van der Waals surface area contributed by atoms with Crippen molar-refractivity contribution in [3.8, 4) is 11.4 Å². The van der Waals surface area contributed by atoms with E-state index in [0.717, 1.165) is 12.1 Å². The molecule has 6 heteroatoms. The number of hydrogen-bond donors (Lipinski definition) is 1. The van der Waals surface area contributed by atoms with E-state index >= 15 is 0 Å². The van der Waals surface area contributed by atoms with Crippen LogP contribution < -0.4 is 5.73 Å². The molecule has 0 saturated heterocycles. The van der Waals surface area contributed by atoms with Gasteiger partial charge < -0.3 is 5.73 Å². The average molecular weight is 266 g/mol. The van der Waals surface area contributed by atoms with Crippen LogP contribution >= 0.6 is 11.6 Å². The molecule has 1 heterocycles. The molecule has 18 heavy (non-hydrogen) atoms. The van der Waals surface area contributed by atoms with E-state index in [1.807, 2.05) is 12.1 Å². The van der Waals surface area contributed by atoms with E-state index in [1.54, 1.807) is 10.7 Å². The van der Waals surface area contributed by atoms with Gasteiger partial charge in [-0.2, -0.15) is 0 Å². The molecule has 0 amide bonds. The molecule has 0 radical (unpaired) electrons. The van der Waals surface area contributed by atoms with Crippen molar-refractivity contribution in [3.05, 3.63) is 23.2 Å². The Labute approximate surface area is 111 Å². The topological polar surface area (TPSA) is 69.6 Å². The van der Waals surface area contributed by atoms with Crippen LogP contribution in [-0.2, 0) is 6.54 Å². The van der Waals surface area contributed by atoms with Crippen molar-refractivity contribution >= 4 is 17.3 Å². The molecule has 2 rings (SSSR count). The van der Waals surface area contributed by atoms with Gasteiger partial charge in [-0.05, 0) is 34.0 Å². The summed E-state index contributed by atoms with van der Waals surface area (Å²) in [4.78, 5) is 0. The van der Waals surface area contributed by atoms with Crippen molar-refractivity contribution in [3.63, 3.8) is 0 Å². The summed E-state index contributed by atoms with van der Waals surface area (Å²) in [6.45, 7) is 7.11. The van der Waals surface area contributed by atoms with Crippen molar-refractivity contribution in [2.45, 2.75) is 27.3 Å². The van der Waals surface area contributed by atoms with Gasteiger partial charge >= 0.3 is 0 Å². The lowest BCUT2D eigenvalue weighted by Crippen LogP contribution is -2.17. The molecule has 1 aromatic carbocycles. The Morgan fingerprint density at radius 1 is 1.28 bits per heavy atom. The minimum Gasteiger partial charge on any atom is -0.399 e. The third-order valence-electron chi connectivity index (χ3n) is 2.33. The minimum atomic E-state index is 0.0915. The van der Waals surface area contributed by atoms with Crippen LogP contribution in [0.5, 0.6) is 0 Å². The van der Waals surface area contributed by atoms with Crippen molar-refractivity contribution in [2.75, 3.05) is 5.73 Å². The van der Waals surface area contributed by atoms with E-state index in [4.69, 9.17) is 17.3 Å². The number of nitrogens with zero attached hydrogens (tertiary/aromatic N) is 4. The molecule has 0 aliphatic heterocycles. The summed E-state index contributed by atoms with van der Waals surface area (Å²) < 4.78 is 1.77. The quantitative estimate of drug-likeness (QED) is 0.848. The lowest BCUT2D eigenvalue weighted by atomic mass is 9.97. The van der Waals surface area contributed by atoms with Gasteiger partial charge in [-0.15, -0.1) is 5.10 Å². The lowest BCUT2D eigenvalue weighted by Gasteiger charge is -2.18. The van der Waals surface area contributed by atoms with Crippen molar-refractivity contribution < 1.29 is 0 Å². The average Bonchev–Trinajstić information content (AvgIpc) is 2.61. The predicted octanol–water partition coefficient (Wildman–Crippen LogP) is 2.62. The Bertz CT molecular complexity index is 536. The summed E-state index contributed by atoms with van der Waals surface area (Å²) in [7, 11) is 0. The maximum atomic E-state index is 5.99. The van der Waals surface area contributed by atoms with Gasteiger partial charge in [0.25, 0.3) is 0 Å². The van der Waals surface area contributed by atoms with Gasteiger partial charge in [-0.25, -0.2) is 4.68 Å². The molecule has 0 spiro atoms. The zero-order chi connectivity index (χ0) is 13.3. The molecule has 0 bridgehead atoms. The number of nitrogens with two attached hydrogens (primary N) is 1. The van der Waals surface area contributed by atoms with E-state index in [2.05, 4.69) is 36.3 Å². The van der Waals surface area contributed by atoms with E-state index < -0.39 is 0 Å². The third-order valence-corrected chi connectivity index (χ3v) is 2.55. The van der Waals surface area contributed by atoms with Crippen LogP contribution in [0.15, 0.2) is 18.2 Å². The zero-order valence-corrected chi connectivity index (χ0v) is 11.4. The molecule has 0 fully saturated rings. The maximum absolute atomic E-state index is 5.99. The summed E-state index contributed by atoms with van der Waals surface area (Å²) in [5, 5.41) is 12.3. The number of nitrogen functional groups attached to an aromatic ring is 1. The Hall–Kier alpha value is -1.62. The number of rotatable bonds is 2. The van der Waals surface area contributed by atoms with Gasteiger partial charge in [0.15, 0.2) is 5.82 Å². The Kier molecular flexibility index (Phi) is 3.26. The Morgan fingerprint density at radius 2 is 2.00 bits per heavy atom. The highest BCUT2D eigenvalue weighted by Gasteiger charge is 2.17. The molecular weight excluding hydrogens is 250 g/mol. The summed E-state index contributed by atoms with van der Waals surface area (Å²) in [5.41, 5.74) is 7.30. The summed E-state index contributed by atoms with van der Waals surface area (Å²) >= 11 is 5.99. The number of halogens is 1. The second kappa shape index (κ2) is 4.57. The first-order valence-electron chi connectivity index (χ1n) is 5.68. The molecular formula is C12H16ClN5. The summed E-state index contributed by atoms with van der Waals surface area (Å²) in [5.74, 6) is 0.680. The smallest absolute Gasteiger partial charge is 0.182 e. The summed E-state index contributed by atoms with van der Waals surface area (Å²) in [6.07, 6.45) is 0. The number of benzene rings is 1. The maximum Gasteiger partial charge on any atom is 0.182 e. The SMILES string of the molecule is CC(C)(C)Cn1nnnc1-c1cc(N)cc(Cl)c1. The third kappa shape index (κ3) is 2.98. The second-order valence-corrected chi connectivity index (χ2v) is 5.93. The molecule has 0 aliphatic carbocycles. The molecule has 1 aromatic heterocycles. The molecule has 0 atom stereocenters. The lowest BCUT2D eigenvalue weighted by molar-refractivity contribution is 0.323. The van der Waals surface area contributed by atoms with E-state index in [9.17, 15) is 0 Å². The van der Waals surface area contributed by atoms with Gasteiger partial charge in [0.05, 0.1) is 0 Å². The summed E-state index contributed by atoms with van der Waals surface area (Å²) in [6, 6.07) is 5.32. The van der Waals surface area contributed by atoms with Crippen LogP contribution in [0.25, 0.3) is 11.4 Å². The van der Waals surface area contributed by atoms with Gasteiger partial charge in [0.1, 0.15) is 0 Å². The number of anilines is 1. The molecule has 0 aliphatic rings. The first-order chi connectivity index (χ1) is 8.35. The van der Waals surface area contributed by atoms with Crippen LogP contribution in [0.1, 0.15) is 20.8 Å². The van der Waals surface area contributed by atoms with Crippen LogP contribution in [0.2, 0.25) is 5.02 Å². The molecule has 0 unspecified atom stereocenters. The minimum absolute atomic E-state index is 0.0915. The fourth-order valence-corrected chi connectivity index (χ4v) is 1.95. The van der Waals surface area contributed by atoms with Crippen LogP contribution in [0.3, 0.4) is 0 Å². The van der Waals surface area contributed by atoms with Gasteiger partial charge in [-0.3, -0.25) is 0 Å². The van der Waals surface area contributed by atoms with E-state index in [1.165, 1.54) is 0 Å². The van der Waals surface area contributed by atoms with Crippen LogP contribution in [0, 0.1) is 5.41 Å². The van der Waals surface area contributed by atoms with Crippen LogP contribution in [0.4, 0.5) is 5.69 Å². The van der Waals surface area contributed by atoms with E-state index in [-0.39, 0.29) is 5.41 Å². The van der Waals surface area contributed by atoms with Crippen molar-refractivity contribution in [2.24, 2.45) is 5.41 Å². The number of tetrazole rings is 1. The fraction of sp³-hybridized carbons (Fsp3) is 0.417.